The number of rotatable bonds is 2. The van der Waals surface area contributed by atoms with Crippen LogP contribution in [0, 0.1) is 11.8 Å². The SMILES string of the molecule is CCn1nc(C(F)F)c2c1C(F)(F)C1C(C)C21. The molecule has 0 saturated heterocycles. The molecular weight excluding hydrogens is 236 g/mol. The molecule has 0 N–H and O–H groups in total. The van der Waals surface area contributed by atoms with Gasteiger partial charge in [0.25, 0.3) is 12.3 Å². The van der Waals surface area contributed by atoms with Gasteiger partial charge in [-0.15, -0.1) is 0 Å². The van der Waals surface area contributed by atoms with Gasteiger partial charge in [-0.25, -0.2) is 8.78 Å². The topological polar surface area (TPSA) is 17.8 Å². The van der Waals surface area contributed by atoms with E-state index in [0.29, 0.717) is 0 Å². The quantitative estimate of drug-likeness (QED) is 0.734. The van der Waals surface area contributed by atoms with Gasteiger partial charge in [0.1, 0.15) is 11.4 Å². The molecule has 0 radical (unpaired) electrons. The summed E-state index contributed by atoms with van der Waals surface area (Å²) in [5.41, 5.74) is -0.605. The number of alkyl halides is 4. The number of aromatic nitrogens is 2. The highest BCUT2D eigenvalue weighted by atomic mass is 19.3. The third-order valence-corrected chi connectivity index (χ3v) is 3.97. The molecule has 2 nitrogen and oxygen atoms in total. The second-order valence-corrected chi connectivity index (χ2v) is 4.80. The highest BCUT2D eigenvalue weighted by molar-refractivity contribution is 5.47. The van der Waals surface area contributed by atoms with Crippen LogP contribution in [0.25, 0.3) is 0 Å². The number of fused-ring (bicyclic) bond motifs is 3. The van der Waals surface area contributed by atoms with Crippen molar-refractivity contribution >= 4 is 0 Å². The lowest BCUT2D eigenvalue weighted by Crippen LogP contribution is -2.20. The van der Waals surface area contributed by atoms with Crippen LogP contribution in [-0.4, -0.2) is 9.78 Å². The Labute approximate surface area is 95.6 Å². The minimum Gasteiger partial charge on any atom is -0.263 e. The first-order valence-electron chi connectivity index (χ1n) is 5.68. The van der Waals surface area contributed by atoms with E-state index in [2.05, 4.69) is 5.10 Å². The Morgan fingerprint density at radius 3 is 2.59 bits per heavy atom. The van der Waals surface area contributed by atoms with Gasteiger partial charge in [0.15, 0.2) is 0 Å². The number of nitrogens with zero attached hydrogens (tertiary/aromatic N) is 2. The molecule has 94 valence electrons. The van der Waals surface area contributed by atoms with Crippen molar-refractivity contribution in [3.63, 3.8) is 0 Å². The Kier molecular flexibility index (Phi) is 1.97. The molecule has 3 rings (SSSR count). The van der Waals surface area contributed by atoms with Gasteiger partial charge in [-0.3, -0.25) is 4.68 Å². The molecule has 2 aliphatic rings. The van der Waals surface area contributed by atoms with E-state index in [-0.39, 0.29) is 23.7 Å². The summed E-state index contributed by atoms with van der Waals surface area (Å²) in [7, 11) is 0. The molecule has 1 aromatic rings. The van der Waals surface area contributed by atoms with Crippen LogP contribution < -0.4 is 0 Å². The smallest absolute Gasteiger partial charge is 0.263 e. The van der Waals surface area contributed by atoms with Crippen molar-refractivity contribution < 1.29 is 17.6 Å². The van der Waals surface area contributed by atoms with Crippen molar-refractivity contribution in [3.8, 4) is 0 Å². The summed E-state index contributed by atoms with van der Waals surface area (Å²) in [4.78, 5) is 0. The molecule has 6 heteroatoms. The monoisotopic (exact) mass is 248 g/mol. The first-order valence-corrected chi connectivity index (χ1v) is 5.68. The van der Waals surface area contributed by atoms with Crippen LogP contribution in [0.4, 0.5) is 17.6 Å². The highest BCUT2D eigenvalue weighted by Gasteiger charge is 2.71. The van der Waals surface area contributed by atoms with Crippen molar-refractivity contribution in [3.05, 3.63) is 17.0 Å². The minimum absolute atomic E-state index is 0.115. The van der Waals surface area contributed by atoms with Gasteiger partial charge < -0.3 is 0 Å². The molecule has 1 heterocycles. The normalized spacial score (nSPS) is 32.8. The number of hydrogen-bond donors (Lipinski definition) is 0. The summed E-state index contributed by atoms with van der Waals surface area (Å²) in [5, 5.41) is 3.64. The van der Waals surface area contributed by atoms with E-state index < -0.39 is 29.9 Å². The highest BCUT2D eigenvalue weighted by Crippen LogP contribution is 2.71. The van der Waals surface area contributed by atoms with E-state index in [1.165, 1.54) is 0 Å². The predicted octanol–water partition coefficient (Wildman–Crippen LogP) is 3.30. The van der Waals surface area contributed by atoms with E-state index in [0.717, 1.165) is 4.68 Å². The fourth-order valence-electron chi connectivity index (χ4n) is 3.18. The fraction of sp³-hybridized carbons (Fsp3) is 0.727. The van der Waals surface area contributed by atoms with Crippen LogP contribution in [0.2, 0.25) is 0 Å². The average Bonchev–Trinajstić information content (AvgIpc) is 2.69. The lowest BCUT2D eigenvalue weighted by Gasteiger charge is -2.15. The summed E-state index contributed by atoms with van der Waals surface area (Å²) < 4.78 is 54.8. The predicted molar refractivity (Wildman–Crippen MR) is 52.1 cm³/mol. The zero-order valence-corrected chi connectivity index (χ0v) is 9.42. The van der Waals surface area contributed by atoms with Crippen molar-refractivity contribution in [2.75, 3.05) is 0 Å². The molecule has 0 amide bonds. The Morgan fingerprint density at radius 1 is 1.41 bits per heavy atom. The Balaban J connectivity index is 2.22. The van der Waals surface area contributed by atoms with Crippen LogP contribution in [-0.2, 0) is 12.5 Å². The lowest BCUT2D eigenvalue weighted by molar-refractivity contribution is -0.0357. The molecule has 3 atom stereocenters. The molecule has 17 heavy (non-hydrogen) atoms. The van der Waals surface area contributed by atoms with Gasteiger partial charge in [-0.2, -0.15) is 13.9 Å². The van der Waals surface area contributed by atoms with Crippen LogP contribution in [0.15, 0.2) is 0 Å². The lowest BCUT2D eigenvalue weighted by atomic mass is 10.1. The third-order valence-electron chi connectivity index (χ3n) is 3.97. The van der Waals surface area contributed by atoms with E-state index in [1.54, 1.807) is 13.8 Å². The molecule has 1 fully saturated rings. The summed E-state index contributed by atoms with van der Waals surface area (Å²) in [6.07, 6.45) is -2.78. The van der Waals surface area contributed by atoms with Gasteiger partial charge in [-0.05, 0) is 12.8 Å². The molecule has 1 saturated carbocycles. The van der Waals surface area contributed by atoms with Crippen LogP contribution in [0.1, 0.15) is 43.1 Å². The van der Waals surface area contributed by atoms with Crippen molar-refractivity contribution in [1.82, 2.24) is 9.78 Å². The van der Waals surface area contributed by atoms with Gasteiger partial charge in [0.2, 0.25) is 0 Å². The van der Waals surface area contributed by atoms with Crippen molar-refractivity contribution in [1.29, 1.82) is 0 Å². The molecule has 0 spiro atoms. The Morgan fingerprint density at radius 2 is 2.06 bits per heavy atom. The van der Waals surface area contributed by atoms with Crippen molar-refractivity contribution in [2.24, 2.45) is 11.8 Å². The molecule has 0 bridgehead atoms. The summed E-state index contributed by atoms with van der Waals surface area (Å²) in [6, 6.07) is 0. The van der Waals surface area contributed by atoms with E-state index in [4.69, 9.17) is 0 Å². The zero-order valence-electron chi connectivity index (χ0n) is 9.42. The first-order chi connectivity index (χ1) is 7.91. The van der Waals surface area contributed by atoms with E-state index in [1.807, 2.05) is 0 Å². The largest absolute Gasteiger partial charge is 0.293 e. The van der Waals surface area contributed by atoms with Crippen LogP contribution in [0.5, 0.6) is 0 Å². The Bertz CT molecular complexity index is 480. The molecule has 2 aliphatic carbocycles. The van der Waals surface area contributed by atoms with E-state index in [9.17, 15) is 17.6 Å². The summed E-state index contributed by atoms with van der Waals surface area (Å²) >= 11 is 0. The second kappa shape index (κ2) is 3.03. The fourth-order valence-corrected chi connectivity index (χ4v) is 3.18. The summed E-state index contributed by atoms with van der Waals surface area (Å²) in [5.74, 6) is -4.45. The van der Waals surface area contributed by atoms with E-state index >= 15 is 0 Å². The van der Waals surface area contributed by atoms with Crippen LogP contribution in [0.3, 0.4) is 0 Å². The number of aryl methyl sites for hydroxylation is 1. The second-order valence-electron chi connectivity index (χ2n) is 4.80. The first kappa shape index (κ1) is 11.0. The Hall–Kier alpha value is -1.07. The maximum Gasteiger partial charge on any atom is 0.293 e. The third kappa shape index (κ3) is 1.13. The standard InChI is InChI=1S/C11H12F4N2/c1-3-17-9-6(8(16-17)10(12)13)5-4(2)7(5)11(9,14)15/h4-5,7,10H,3H2,1-2H3. The van der Waals surface area contributed by atoms with Crippen molar-refractivity contribution in [2.45, 2.75) is 38.7 Å². The molecule has 0 aromatic carbocycles. The van der Waals surface area contributed by atoms with Gasteiger partial charge in [0.05, 0.1) is 0 Å². The zero-order chi connectivity index (χ0) is 12.5. The molecule has 0 aliphatic heterocycles. The molecule has 1 aromatic heterocycles. The molecular formula is C11H12F4N2. The summed E-state index contributed by atoms with van der Waals surface area (Å²) in [6.45, 7) is 3.51. The average molecular weight is 248 g/mol. The van der Waals surface area contributed by atoms with Gasteiger partial charge in [0, 0.05) is 23.9 Å². The van der Waals surface area contributed by atoms with Gasteiger partial charge >= 0.3 is 0 Å². The minimum atomic E-state index is -3.00. The van der Waals surface area contributed by atoms with Crippen LogP contribution >= 0.6 is 0 Å². The number of halogens is 4. The van der Waals surface area contributed by atoms with Gasteiger partial charge in [-0.1, -0.05) is 6.92 Å². The maximum absolute atomic E-state index is 14.0. The maximum atomic E-state index is 14.0. The number of hydrogen-bond acceptors (Lipinski definition) is 1. The molecule has 3 unspecified atom stereocenters.